The van der Waals surface area contributed by atoms with Gasteiger partial charge in [0.1, 0.15) is 10.6 Å². The van der Waals surface area contributed by atoms with E-state index in [1.54, 1.807) is 0 Å². The van der Waals surface area contributed by atoms with Crippen molar-refractivity contribution in [3.8, 4) is 5.75 Å². The second kappa shape index (κ2) is 9.00. The van der Waals surface area contributed by atoms with Crippen molar-refractivity contribution in [3.05, 3.63) is 23.8 Å². The van der Waals surface area contributed by atoms with Crippen LogP contribution in [0.1, 0.15) is 36.0 Å². The van der Waals surface area contributed by atoms with Crippen LogP contribution < -0.4 is 14.8 Å². The zero-order valence-corrected chi connectivity index (χ0v) is 15.9. The highest BCUT2D eigenvalue weighted by Crippen LogP contribution is 2.24. The first-order valence-corrected chi connectivity index (χ1v) is 10.0. The first-order valence-electron chi connectivity index (χ1n) is 8.56. The van der Waals surface area contributed by atoms with Gasteiger partial charge in [0.25, 0.3) is 5.91 Å². The van der Waals surface area contributed by atoms with Gasteiger partial charge in [-0.2, -0.15) is 0 Å². The summed E-state index contributed by atoms with van der Waals surface area (Å²) in [5.74, 6) is -0.263. The van der Waals surface area contributed by atoms with Crippen molar-refractivity contribution in [2.24, 2.45) is 0 Å². The SMILES string of the molecule is CNS(=O)(=O)c1cc(C(=O)NCCC(=O)N2CCCCC2)ccc1OC. The third kappa shape index (κ3) is 4.95. The van der Waals surface area contributed by atoms with Crippen LogP contribution in [0.25, 0.3) is 0 Å². The summed E-state index contributed by atoms with van der Waals surface area (Å²) >= 11 is 0. The van der Waals surface area contributed by atoms with E-state index in [0.717, 1.165) is 32.4 Å². The van der Waals surface area contributed by atoms with E-state index in [-0.39, 0.29) is 35.1 Å². The van der Waals surface area contributed by atoms with E-state index in [1.807, 2.05) is 4.90 Å². The van der Waals surface area contributed by atoms with Crippen molar-refractivity contribution < 1.29 is 22.7 Å². The number of methoxy groups -OCH3 is 1. The van der Waals surface area contributed by atoms with Gasteiger partial charge in [0.15, 0.2) is 0 Å². The van der Waals surface area contributed by atoms with Gasteiger partial charge in [-0.1, -0.05) is 0 Å². The van der Waals surface area contributed by atoms with Gasteiger partial charge >= 0.3 is 0 Å². The minimum atomic E-state index is -3.76. The Morgan fingerprint density at radius 1 is 1.19 bits per heavy atom. The molecule has 8 nitrogen and oxygen atoms in total. The summed E-state index contributed by atoms with van der Waals surface area (Å²) in [6.45, 7) is 1.75. The van der Waals surface area contributed by atoms with Crippen LogP contribution in [0.4, 0.5) is 0 Å². The van der Waals surface area contributed by atoms with Crippen molar-refractivity contribution in [2.75, 3.05) is 33.8 Å². The molecule has 0 unspecified atom stereocenters. The van der Waals surface area contributed by atoms with Gasteiger partial charge in [-0.3, -0.25) is 9.59 Å². The lowest BCUT2D eigenvalue weighted by atomic mass is 10.1. The van der Waals surface area contributed by atoms with Crippen LogP contribution in [0.3, 0.4) is 0 Å². The van der Waals surface area contributed by atoms with E-state index < -0.39 is 15.9 Å². The summed E-state index contributed by atoms with van der Waals surface area (Å²) in [5.41, 5.74) is 0.185. The normalized spacial score (nSPS) is 14.8. The molecule has 1 aliphatic rings. The molecule has 0 bridgehead atoms. The lowest BCUT2D eigenvalue weighted by molar-refractivity contribution is -0.131. The topological polar surface area (TPSA) is 105 Å². The van der Waals surface area contributed by atoms with Crippen molar-refractivity contribution in [3.63, 3.8) is 0 Å². The van der Waals surface area contributed by atoms with E-state index >= 15 is 0 Å². The number of amides is 2. The largest absolute Gasteiger partial charge is 0.495 e. The lowest BCUT2D eigenvalue weighted by Crippen LogP contribution is -2.37. The van der Waals surface area contributed by atoms with E-state index in [9.17, 15) is 18.0 Å². The predicted molar refractivity (Wildman–Crippen MR) is 96.6 cm³/mol. The van der Waals surface area contributed by atoms with Crippen LogP contribution in [0, 0.1) is 0 Å². The quantitative estimate of drug-likeness (QED) is 0.722. The molecular weight excluding hydrogens is 358 g/mol. The molecule has 1 aromatic rings. The Morgan fingerprint density at radius 3 is 2.50 bits per heavy atom. The molecule has 2 amide bonds. The van der Waals surface area contributed by atoms with Crippen LogP contribution in [0.15, 0.2) is 23.1 Å². The number of piperidine rings is 1. The van der Waals surface area contributed by atoms with Crippen LogP contribution >= 0.6 is 0 Å². The van der Waals surface area contributed by atoms with Crippen LogP contribution in [0.2, 0.25) is 0 Å². The Morgan fingerprint density at radius 2 is 1.88 bits per heavy atom. The van der Waals surface area contributed by atoms with Crippen molar-refractivity contribution in [2.45, 2.75) is 30.6 Å². The maximum Gasteiger partial charge on any atom is 0.251 e. The van der Waals surface area contributed by atoms with Gasteiger partial charge < -0.3 is 15.0 Å². The monoisotopic (exact) mass is 383 g/mol. The number of ether oxygens (including phenoxy) is 1. The third-order valence-electron chi connectivity index (χ3n) is 4.32. The molecule has 1 fully saturated rings. The number of nitrogens with zero attached hydrogens (tertiary/aromatic N) is 1. The molecular formula is C17H25N3O5S. The molecule has 0 aliphatic carbocycles. The fraction of sp³-hybridized carbons (Fsp3) is 0.529. The maximum absolute atomic E-state index is 12.3. The smallest absolute Gasteiger partial charge is 0.251 e. The number of rotatable bonds is 7. The van der Waals surface area contributed by atoms with Crippen molar-refractivity contribution >= 4 is 21.8 Å². The molecule has 0 saturated carbocycles. The van der Waals surface area contributed by atoms with Gasteiger partial charge in [-0.15, -0.1) is 0 Å². The highest BCUT2D eigenvalue weighted by atomic mass is 32.2. The average Bonchev–Trinajstić information content (AvgIpc) is 2.67. The Bertz CT molecular complexity index is 758. The molecule has 144 valence electrons. The maximum atomic E-state index is 12.3. The van der Waals surface area contributed by atoms with Crippen molar-refractivity contribution in [1.29, 1.82) is 0 Å². The summed E-state index contributed by atoms with van der Waals surface area (Å²) < 4.78 is 31.4. The van der Waals surface area contributed by atoms with Gasteiger partial charge in [-0.05, 0) is 44.5 Å². The number of sulfonamides is 1. The zero-order valence-electron chi connectivity index (χ0n) is 15.1. The molecule has 2 rings (SSSR count). The lowest BCUT2D eigenvalue weighted by Gasteiger charge is -2.26. The molecule has 0 spiro atoms. The minimum Gasteiger partial charge on any atom is -0.495 e. The summed E-state index contributed by atoms with van der Waals surface area (Å²) in [6.07, 6.45) is 3.42. The molecule has 1 heterocycles. The van der Waals surface area contributed by atoms with Crippen LogP contribution in [-0.2, 0) is 14.8 Å². The summed E-state index contributed by atoms with van der Waals surface area (Å²) in [6, 6.07) is 4.17. The molecule has 26 heavy (non-hydrogen) atoms. The Hall–Kier alpha value is -2.13. The molecule has 1 aromatic carbocycles. The van der Waals surface area contributed by atoms with Crippen LogP contribution in [-0.4, -0.2) is 58.9 Å². The van der Waals surface area contributed by atoms with E-state index in [1.165, 1.54) is 32.4 Å². The number of carbonyl (C=O) groups excluding carboxylic acids is 2. The number of likely N-dealkylation sites (tertiary alicyclic amines) is 1. The summed E-state index contributed by atoms with van der Waals surface area (Å²) in [7, 11) is -1.12. The Kier molecular flexibility index (Phi) is 6.98. The number of benzene rings is 1. The third-order valence-corrected chi connectivity index (χ3v) is 5.75. The van der Waals surface area contributed by atoms with Crippen LogP contribution in [0.5, 0.6) is 5.75 Å². The molecule has 1 aliphatic heterocycles. The van der Waals surface area contributed by atoms with Crippen molar-refractivity contribution in [1.82, 2.24) is 14.9 Å². The number of carbonyl (C=O) groups is 2. The number of nitrogens with one attached hydrogen (secondary N) is 2. The summed E-state index contributed by atoms with van der Waals surface area (Å²) in [5, 5.41) is 2.66. The molecule has 0 radical (unpaired) electrons. The van der Waals surface area contributed by atoms with Gasteiger partial charge in [0, 0.05) is 31.6 Å². The second-order valence-corrected chi connectivity index (χ2v) is 7.88. The minimum absolute atomic E-state index is 0.0261. The average molecular weight is 383 g/mol. The fourth-order valence-electron chi connectivity index (χ4n) is 2.82. The number of hydrogen-bond acceptors (Lipinski definition) is 5. The summed E-state index contributed by atoms with van der Waals surface area (Å²) in [4.78, 5) is 26.1. The van der Waals surface area contributed by atoms with Gasteiger partial charge in [0.2, 0.25) is 15.9 Å². The molecule has 9 heteroatoms. The highest BCUT2D eigenvalue weighted by molar-refractivity contribution is 7.89. The second-order valence-electron chi connectivity index (χ2n) is 6.02. The van der Waals surface area contributed by atoms with E-state index in [2.05, 4.69) is 10.0 Å². The number of hydrogen-bond donors (Lipinski definition) is 2. The molecule has 2 N–H and O–H groups in total. The standard InChI is InChI=1S/C17H25N3O5S/c1-18-26(23,24)15-12-13(6-7-14(15)25-2)17(22)19-9-8-16(21)20-10-4-3-5-11-20/h6-7,12,18H,3-5,8-11H2,1-2H3,(H,19,22). The molecule has 1 saturated heterocycles. The Labute approximate surface area is 153 Å². The molecule has 0 atom stereocenters. The first-order chi connectivity index (χ1) is 12.4. The Balaban J connectivity index is 1.99. The predicted octanol–water partition coefficient (Wildman–Crippen LogP) is 0.736. The zero-order chi connectivity index (χ0) is 19.2. The fourth-order valence-corrected chi connectivity index (χ4v) is 3.74. The molecule has 0 aromatic heterocycles. The highest BCUT2D eigenvalue weighted by Gasteiger charge is 2.20. The van der Waals surface area contributed by atoms with E-state index in [0.29, 0.717) is 0 Å². The van der Waals surface area contributed by atoms with E-state index in [4.69, 9.17) is 4.74 Å². The van der Waals surface area contributed by atoms with Gasteiger partial charge in [0.05, 0.1) is 7.11 Å². The van der Waals surface area contributed by atoms with Gasteiger partial charge in [-0.25, -0.2) is 13.1 Å². The first kappa shape index (κ1) is 20.2.